The molecule has 1 aromatic rings. The predicted molar refractivity (Wildman–Crippen MR) is 76.5 cm³/mol. The molecule has 0 saturated carbocycles. The standard InChI is InChI=1S/C14H18.C2H6/c1-5-13-8-7-12(9-11(3)4)10-14(13)6-2;1-2/h5-8,10-11H,1-2,9H2,3-4H3;1-2H3. The van der Waals surface area contributed by atoms with Crippen molar-refractivity contribution >= 4 is 12.2 Å². The molecule has 0 radical (unpaired) electrons. The van der Waals surface area contributed by atoms with Crippen LogP contribution in [-0.4, -0.2) is 0 Å². The topological polar surface area (TPSA) is 0 Å². The molecule has 0 aliphatic rings. The second kappa shape index (κ2) is 7.92. The van der Waals surface area contributed by atoms with Crippen molar-refractivity contribution in [3.63, 3.8) is 0 Å². The monoisotopic (exact) mass is 216 g/mol. The molecular weight excluding hydrogens is 192 g/mol. The highest BCUT2D eigenvalue weighted by atomic mass is 14.1. The van der Waals surface area contributed by atoms with E-state index in [9.17, 15) is 0 Å². The fourth-order valence-electron chi connectivity index (χ4n) is 1.59. The van der Waals surface area contributed by atoms with Crippen LogP contribution in [0.2, 0.25) is 0 Å². The molecule has 0 atom stereocenters. The highest BCUT2D eigenvalue weighted by Crippen LogP contribution is 2.17. The van der Waals surface area contributed by atoms with Gasteiger partial charge in [-0.1, -0.05) is 71.2 Å². The van der Waals surface area contributed by atoms with Crippen molar-refractivity contribution < 1.29 is 0 Å². The number of rotatable bonds is 4. The first-order chi connectivity index (χ1) is 7.67. The first kappa shape index (κ1) is 14.7. The molecular formula is C16H24. The molecule has 0 bridgehead atoms. The van der Waals surface area contributed by atoms with Crippen molar-refractivity contribution in [3.05, 3.63) is 48.0 Å². The summed E-state index contributed by atoms with van der Waals surface area (Å²) in [5, 5.41) is 0. The molecule has 0 aliphatic heterocycles. The molecule has 0 fully saturated rings. The van der Waals surface area contributed by atoms with Gasteiger partial charge in [0, 0.05) is 0 Å². The van der Waals surface area contributed by atoms with E-state index < -0.39 is 0 Å². The van der Waals surface area contributed by atoms with E-state index in [-0.39, 0.29) is 0 Å². The zero-order valence-corrected chi connectivity index (χ0v) is 11.1. The van der Waals surface area contributed by atoms with Gasteiger partial charge in [-0.25, -0.2) is 0 Å². The Bertz CT molecular complexity index is 332. The Balaban J connectivity index is 0.00000106. The zero-order chi connectivity index (χ0) is 12.6. The van der Waals surface area contributed by atoms with E-state index in [0.717, 1.165) is 12.0 Å². The van der Waals surface area contributed by atoms with Gasteiger partial charge in [0.1, 0.15) is 0 Å². The van der Waals surface area contributed by atoms with Gasteiger partial charge < -0.3 is 0 Å². The third-order valence-electron chi connectivity index (χ3n) is 2.23. The molecule has 88 valence electrons. The van der Waals surface area contributed by atoms with Crippen LogP contribution in [0.5, 0.6) is 0 Å². The van der Waals surface area contributed by atoms with Crippen molar-refractivity contribution in [2.45, 2.75) is 34.1 Å². The lowest BCUT2D eigenvalue weighted by Gasteiger charge is -2.07. The second-order valence-electron chi connectivity index (χ2n) is 3.97. The molecule has 0 heteroatoms. The molecule has 0 aliphatic carbocycles. The van der Waals surface area contributed by atoms with Crippen LogP contribution in [0.4, 0.5) is 0 Å². The van der Waals surface area contributed by atoms with Gasteiger partial charge in [0.25, 0.3) is 0 Å². The van der Waals surface area contributed by atoms with Crippen LogP contribution >= 0.6 is 0 Å². The van der Waals surface area contributed by atoms with Gasteiger partial charge >= 0.3 is 0 Å². The van der Waals surface area contributed by atoms with Gasteiger partial charge in [-0.2, -0.15) is 0 Å². The lowest BCUT2D eigenvalue weighted by molar-refractivity contribution is 0.647. The van der Waals surface area contributed by atoms with Crippen LogP contribution < -0.4 is 0 Å². The lowest BCUT2D eigenvalue weighted by atomic mass is 9.98. The molecule has 0 N–H and O–H groups in total. The van der Waals surface area contributed by atoms with Crippen LogP contribution in [0.3, 0.4) is 0 Å². The van der Waals surface area contributed by atoms with Gasteiger partial charge in [0.15, 0.2) is 0 Å². The SMILES string of the molecule is C=Cc1ccc(CC(C)C)cc1C=C.CC. The zero-order valence-electron chi connectivity index (χ0n) is 11.1. The number of hydrogen-bond donors (Lipinski definition) is 0. The maximum atomic E-state index is 3.81. The van der Waals surface area contributed by atoms with Crippen LogP contribution in [0.1, 0.15) is 44.4 Å². The minimum Gasteiger partial charge on any atom is -0.0984 e. The normalized spacial score (nSPS) is 9.31. The minimum atomic E-state index is 0.697. The fraction of sp³-hybridized carbons (Fsp3) is 0.375. The first-order valence-corrected chi connectivity index (χ1v) is 6.05. The largest absolute Gasteiger partial charge is 0.0984 e. The van der Waals surface area contributed by atoms with E-state index in [4.69, 9.17) is 0 Å². The van der Waals surface area contributed by atoms with Gasteiger partial charge in [0.05, 0.1) is 0 Å². The maximum Gasteiger partial charge on any atom is -0.0187 e. The van der Waals surface area contributed by atoms with Gasteiger partial charge in [-0.15, -0.1) is 0 Å². The summed E-state index contributed by atoms with van der Waals surface area (Å²) in [6.07, 6.45) is 4.88. The van der Waals surface area contributed by atoms with Gasteiger partial charge in [0.2, 0.25) is 0 Å². The first-order valence-electron chi connectivity index (χ1n) is 6.05. The Labute approximate surface area is 101 Å². The van der Waals surface area contributed by atoms with Crippen molar-refractivity contribution in [1.29, 1.82) is 0 Å². The number of benzene rings is 1. The van der Waals surface area contributed by atoms with Crippen molar-refractivity contribution in [2.75, 3.05) is 0 Å². The van der Waals surface area contributed by atoms with E-state index in [0.29, 0.717) is 5.92 Å². The summed E-state index contributed by atoms with van der Waals surface area (Å²) in [5.41, 5.74) is 3.71. The summed E-state index contributed by atoms with van der Waals surface area (Å²) < 4.78 is 0. The Morgan fingerprint density at radius 3 is 2.06 bits per heavy atom. The molecule has 0 unspecified atom stereocenters. The Kier molecular flexibility index (Phi) is 7.28. The fourth-order valence-corrected chi connectivity index (χ4v) is 1.59. The Morgan fingerprint density at radius 1 is 1.06 bits per heavy atom. The lowest BCUT2D eigenvalue weighted by Crippen LogP contribution is -1.95. The summed E-state index contributed by atoms with van der Waals surface area (Å²) in [4.78, 5) is 0. The minimum absolute atomic E-state index is 0.697. The molecule has 0 heterocycles. The molecule has 1 aromatic carbocycles. The van der Waals surface area contributed by atoms with E-state index in [2.05, 4.69) is 45.2 Å². The molecule has 0 nitrogen and oxygen atoms in total. The molecule has 0 saturated heterocycles. The smallest absolute Gasteiger partial charge is 0.0187 e. The quantitative estimate of drug-likeness (QED) is 0.649. The Morgan fingerprint density at radius 2 is 1.62 bits per heavy atom. The number of hydrogen-bond acceptors (Lipinski definition) is 0. The maximum absolute atomic E-state index is 3.81. The third kappa shape index (κ3) is 4.48. The second-order valence-corrected chi connectivity index (χ2v) is 3.97. The van der Waals surface area contributed by atoms with Crippen molar-refractivity contribution in [3.8, 4) is 0 Å². The average molecular weight is 216 g/mol. The third-order valence-corrected chi connectivity index (χ3v) is 2.23. The van der Waals surface area contributed by atoms with Crippen molar-refractivity contribution in [2.24, 2.45) is 5.92 Å². The Hall–Kier alpha value is -1.30. The van der Waals surface area contributed by atoms with Crippen LogP contribution in [0, 0.1) is 5.92 Å². The van der Waals surface area contributed by atoms with E-state index >= 15 is 0 Å². The van der Waals surface area contributed by atoms with E-state index in [1.54, 1.807) is 0 Å². The summed E-state index contributed by atoms with van der Waals surface area (Å²) in [7, 11) is 0. The van der Waals surface area contributed by atoms with Crippen LogP contribution in [0.15, 0.2) is 31.4 Å². The molecule has 0 spiro atoms. The van der Waals surface area contributed by atoms with Crippen LogP contribution in [-0.2, 0) is 6.42 Å². The van der Waals surface area contributed by atoms with Gasteiger partial charge in [-0.05, 0) is 29.0 Å². The summed E-state index contributed by atoms with van der Waals surface area (Å²) in [6.45, 7) is 16.1. The highest BCUT2D eigenvalue weighted by Gasteiger charge is 2.00. The molecule has 0 amide bonds. The molecule has 0 aromatic heterocycles. The summed E-state index contributed by atoms with van der Waals surface area (Å²) in [5.74, 6) is 0.697. The van der Waals surface area contributed by atoms with Gasteiger partial charge in [-0.3, -0.25) is 0 Å². The summed E-state index contributed by atoms with van der Waals surface area (Å²) >= 11 is 0. The van der Waals surface area contributed by atoms with E-state index in [1.807, 2.05) is 26.0 Å². The van der Waals surface area contributed by atoms with E-state index in [1.165, 1.54) is 11.1 Å². The van der Waals surface area contributed by atoms with Crippen molar-refractivity contribution in [1.82, 2.24) is 0 Å². The average Bonchev–Trinajstić information content (AvgIpc) is 2.30. The molecule has 1 rings (SSSR count). The van der Waals surface area contributed by atoms with Crippen LogP contribution in [0.25, 0.3) is 12.2 Å². The summed E-state index contributed by atoms with van der Waals surface area (Å²) in [6, 6.07) is 6.48. The highest BCUT2D eigenvalue weighted by molar-refractivity contribution is 5.64. The molecule has 16 heavy (non-hydrogen) atoms. The predicted octanol–water partition coefficient (Wildman–Crippen LogP) is 5.20.